The SMILES string of the molecule is CCCOc1ccc(CNCC)c(OCc2cscn2)c1. The number of nitrogens with one attached hydrogen (secondary N) is 1. The van der Waals surface area contributed by atoms with Crippen molar-refractivity contribution >= 4 is 11.3 Å². The Morgan fingerprint density at radius 2 is 2.14 bits per heavy atom. The van der Waals surface area contributed by atoms with Crippen molar-refractivity contribution in [1.29, 1.82) is 0 Å². The monoisotopic (exact) mass is 306 g/mol. The van der Waals surface area contributed by atoms with Crippen molar-refractivity contribution in [3.8, 4) is 11.5 Å². The first kappa shape index (κ1) is 15.8. The minimum Gasteiger partial charge on any atom is -0.493 e. The Labute approximate surface area is 130 Å². The summed E-state index contributed by atoms with van der Waals surface area (Å²) in [5.41, 5.74) is 3.91. The molecule has 0 saturated carbocycles. The molecule has 0 fully saturated rings. The van der Waals surface area contributed by atoms with Gasteiger partial charge in [0, 0.05) is 23.6 Å². The summed E-state index contributed by atoms with van der Waals surface area (Å²) in [7, 11) is 0. The summed E-state index contributed by atoms with van der Waals surface area (Å²) in [6, 6.07) is 6.02. The molecule has 0 aliphatic heterocycles. The molecule has 5 heteroatoms. The van der Waals surface area contributed by atoms with Gasteiger partial charge >= 0.3 is 0 Å². The first-order valence-electron chi connectivity index (χ1n) is 7.29. The van der Waals surface area contributed by atoms with Gasteiger partial charge in [-0.3, -0.25) is 0 Å². The summed E-state index contributed by atoms with van der Waals surface area (Å²) in [6.45, 7) is 7.11. The third-order valence-electron chi connectivity index (χ3n) is 2.94. The molecule has 0 aliphatic rings. The van der Waals surface area contributed by atoms with Gasteiger partial charge in [0.1, 0.15) is 18.1 Å². The Balaban J connectivity index is 2.08. The van der Waals surface area contributed by atoms with Crippen LogP contribution in [0.3, 0.4) is 0 Å². The van der Waals surface area contributed by atoms with Gasteiger partial charge in [-0.25, -0.2) is 4.98 Å². The lowest BCUT2D eigenvalue weighted by Crippen LogP contribution is -2.13. The minimum absolute atomic E-state index is 0.486. The van der Waals surface area contributed by atoms with Crippen LogP contribution >= 0.6 is 11.3 Å². The van der Waals surface area contributed by atoms with Crippen LogP contribution in [0.2, 0.25) is 0 Å². The lowest BCUT2D eigenvalue weighted by atomic mass is 10.2. The van der Waals surface area contributed by atoms with Crippen molar-refractivity contribution in [1.82, 2.24) is 10.3 Å². The second kappa shape index (κ2) is 8.64. The zero-order chi connectivity index (χ0) is 14.9. The maximum atomic E-state index is 5.92. The fraction of sp³-hybridized carbons (Fsp3) is 0.438. The van der Waals surface area contributed by atoms with Gasteiger partial charge in [-0.15, -0.1) is 11.3 Å². The van der Waals surface area contributed by atoms with E-state index < -0.39 is 0 Å². The molecule has 2 aromatic rings. The van der Waals surface area contributed by atoms with Gasteiger partial charge in [-0.2, -0.15) is 0 Å². The van der Waals surface area contributed by atoms with Gasteiger partial charge < -0.3 is 14.8 Å². The standard InChI is InChI=1S/C16H22N2O2S/c1-3-7-19-15-6-5-13(9-17-4-2)16(8-15)20-10-14-11-21-12-18-14/h5-6,8,11-12,17H,3-4,7,9-10H2,1-2H3. The van der Waals surface area contributed by atoms with Gasteiger partial charge in [0.25, 0.3) is 0 Å². The molecule has 1 heterocycles. The number of benzene rings is 1. The maximum absolute atomic E-state index is 5.92. The highest BCUT2D eigenvalue weighted by Gasteiger charge is 2.07. The predicted molar refractivity (Wildman–Crippen MR) is 86.1 cm³/mol. The zero-order valence-electron chi connectivity index (χ0n) is 12.6. The van der Waals surface area contributed by atoms with Crippen molar-refractivity contribution in [2.45, 2.75) is 33.4 Å². The molecule has 114 valence electrons. The van der Waals surface area contributed by atoms with E-state index in [9.17, 15) is 0 Å². The molecular weight excluding hydrogens is 284 g/mol. The lowest BCUT2D eigenvalue weighted by molar-refractivity contribution is 0.289. The number of nitrogens with zero attached hydrogens (tertiary/aromatic N) is 1. The van der Waals surface area contributed by atoms with E-state index >= 15 is 0 Å². The van der Waals surface area contributed by atoms with Crippen LogP contribution in [-0.4, -0.2) is 18.1 Å². The Bertz CT molecular complexity index is 529. The predicted octanol–water partition coefficient (Wildman–Crippen LogP) is 3.62. The Kier molecular flexibility index (Phi) is 6.50. The largest absolute Gasteiger partial charge is 0.493 e. The highest BCUT2D eigenvalue weighted by Crippen LogP contribution is 2.26. The van der Waals surface area contributed by atoms with Crippen molar-refractivity contribution < 1.29 is 9.47 Å². The molecule has 0 aliphatic carbocycles. The molecule has 4 nitrogen and oxygen atoms in total. The normalized spacial score (nSPS) is 10.6. The molecule has 1 aromatic carbocycles. The highest BCUT2D eigenvalue weighted by atomic mass is 32.1. The van der Waals surface area contributed by atoms with Crippen LogP contribution in [0.4, 0.5) is 0 Å². The molecule has 0 amide bonds. The molecule has 0 radical (unpaired) electrons. The number of aromatic nitrogens is 1. The second-order valence-electron chi connectivity index (χ2n) is 4.67. The van der Waals surface area contributed by atoms with E-state index in [1.807, 2.05) is 23.0 Å². The van der Waals surface area contributed by atoms with E-state index in [1.165, 1.54) is 0 Å². The summed E-state index contributed by atoms with van der Waals surface area (Å²) < 4.78 is 11.6. The molecule has 2 rings (SSSR count). The van der Waals surface area contributed by atoms with Crippen LogP contribution in [0.15, 0.2) is 29.1 Å². The van der Waals surface area contributed by atoms with Gasteiger partial charge in [-0.05, 0) is 19.0 Å². The fourth-order valence-electron chi connectivity index (χ4n) is 1.85. The summed E-state index contributed by atoms with van der Waals surface area (Å²) in [5, 5.41) is 5.33. The summed E-state index contributed by atoms with van der Waals surface area (Å²) in [6.07, 6.45) is 0.994. The summed E-state index contributed by atoms with van der Waals surface area (Å²) in [5.74, 6) is 1.71. The topological polar surface area (TPSA) is 43.4 Å². The molecule has 0 bridgehead atoms. The van der Waals surface area contributed by atoms with Crippen molar-refractivity contribution in [3.05, 3.63) is 40.3 Å². The van der Waals surface area contributed by atoms with Gasteiger partial charge in [0.15, 0.2) is 0 Å². The highest BCUT2D eigenvalue weighted by molar-refractivity contribution is 7.07. The van der Waals surface area contributed by atoms with Crippen LogP contribution < -0.4 is 14.8 Å². The van der Waals surface area contributed by atoms with Crippen LogP contribution in [0.1, 0.15) is 31.5 Å². The third-order valence-corrected chi connectivity index (χ3v) is 3.57. The number of ether oxygens (including phenoxy) is 2. The third kappa shape index (κ3) is 5.02. The molecule has 21 heavy (non-hydrogen) atoms. The molecule has 0 unspecified atom stereocenters. The van der Waals surface area contributed by atoms with E-state index in [0.717, 1.165) is 48.9 Å². The Morgan fingerprint density at radius 3 is 2.86 bits per heavy atom. The van der Waals surface area contributed by atoms with E-state index in [1.54, 1.807) is 11.3 Å². The molecule has 1 N–H and O–H groups in total. The zero-order valence-corrected chi connectivity index (χ0v) is 13.4. The van der Waals surface area contributed by atoms with Crippen LogP contribution in [0, 0.1) is 0 Å². The average Bonchev–Trinajstić information content (AvgIpc) is 3.03. The molecule has 0 saturated heterocycles. The van der Waals surface area contributed by atoms with Gasteiger partial charge in [0.2, 0.25) is 0 Å². The molecule has 0 atom stereocenters. The number of hydrogen-bond acceptors (Lipinski definition) is 5. The van der Waals surface area contributed by atoms with E-state index in [-0.39, 0.29) is 0 Å². The number of hydrogen-bond donors (Lipinski definition) is 1. The van der Waals surface area contributed by atoms with Crippen LogP contribution in [0.5, 0.6) is 11.5 Å². The van der Waals surface area contributed by atoms with E-state index in [4.69, 9.17) is 9.47 Å². The lowest BCUT2D eigenvalue weighted by Gasteiger charge is -2.13. The van der Waals surface area contributed by atoms with Crippen molar-refractivity contribution in [2.75, 3.05) is 13.2 Å². The van der Waals surface area contributed by atoms with Crippen molar-refractivity contribution in [2.24, 2.45) is 0 Å². The number of thiazole rings is 1. The smallest absolute Gasteiger partial charge is 0.131 e. The van der Waals surface area contributed by atoms with Crippen LogP contribution in [-0.2, 0) is 13.2 Å². The molecular formula is C16H22N2O2S. The first-order chi connectivity index (χ1) is 10.3. The Hall–Kier alpha value is -1.59. The summed E-state index contributed by atoms with van der Waals surface area (Å²) >= 11 is 1.58. The Morgan fingerprint density at radius 1 is 1.24 bits per heavy atom. The first-order valence-corrected chi connectivity index (χ1v) is 8.24. The summed E-state index contributed by atoms with van der Waals surface area (Å²) in [4.78, 5) is 4.24. The number of rotatable bonds is 9. The van der Waals surface area contributed by atoms with Crippen LogP contribution in [0.25, 0.3) is 0 Å². The van der Waals surface area contributed by atoms with Gasteiger partial charge in [0.05, 0.1) is 17.8 Å². The second-order valence-corrected chi connectivity index (χ2v) is 5.39. The van der Waals surface area contributed by atoms with E-state index in [0.29, 0.717) is 6.61 Å². The minimum atomic E-state index is 0.486. The molecule has 0 spiro atoms. The molecule has 1 aromatic heterocycles. The average molecular weight is 306 g/mol. The quantitative estimate of drug-likeness (QED) is 0.768. The van der Waals surface area contributed by atoms with Gasteiger partial charge in [-0.1, -0.05) is 19.9 Å². The fourth-order valence-corrected chi connectivity index (χ4v) is 2.39. The van der Waals surface area contributed by atoms with Crippen molar-refractivity contribution in [3.63, 3.8) is 0 Å². The maximum Gasteiger partial charge on any atom is 0.131 e. The van der Waals surface area contributed by atoms with E-state index in [2.05, 4.69) is 30.2 Å².